The van der Waals surface area contributed by atoms with Gasteiger partial charge in [0.15, 0.2) is 5.84 Å². The Hall–Kier alpha value is -4.36. The number of aromatic nitrogens is 2. The molecule has 3 aromatic rings. The number of halogens is 4. The molecular formula is C27H28ClF3N8O2. The highest BCUT2D eigenvalue weighted by Crippen LogP contribution is 2.38. The van der Waals surface area contributed by atoms with Crippen molar-refractivity contribution in [3.05, 3.63) is 77.2 Å². The predicted molar refractivity (Wildman–Crippen MR) is 153 cm³/mol. The average Bonchev–Trinajstić information content (AvgIpc) is 2.94. The van der Waals surface area contributed by atoms with Crippen molar-refractivity contribution in [2.45, 2.75) is 6.18 Å². The summed E-state index contributed by atoms with van der Waals surface area (Å²) in [6, 6.07) is 7.47. The van der Waals surface area contributed by atoms with E-state index in [2.05, 4.69) is 37.1 Å². The Labute approximate surface area is 239 Å². The Bertz CT molecular complexity index is 1470. The Morgan fingerprint density at radius 2 is 1.93 bits per heavy atom. The largest absolute Gasteiger partial charge is 0.496 e. The first-order valence-corrected chi connectivity index (χ1v) is 12.8. The molecule has 2 heterocycles. The summed E-state index contributed by atoms with van der Waals surface area (Å²) in [5.41, 5.74) is 6.29. The van der Waals surface area contributed by atoms with Gasteiger partial charge in [-0.05, 0) is 49.6 Å². The van der Waals surface area contributed by atoms with Crippen LogP contribution in [0.4, 0.5) is 36.2 Å². The number of nitrogens with one attached hydrogen (secondary N) is 2. The van der Waals surface area contributed by atoms with E-state index < -0.39 is 17.6 Å². The van der Waals surface area contributed by atoms with E-state index in [9.17, 15) is 18.0 Å². The number of nitrogens with zero attached hydrogens (tertiary/aromatic N) is 5. The zero-order valence-electron chi connectivity index (χ0n) is 22.3. The monoisotopic (exact) mass is 588 g/mol. The van der Waals surface area contributed by atoms with Crippen LogP contribution < -0.4 is 26.0 Å². The molecule has 0 bridgehead atoms. The van der Waals surface area contributed by atoms with Crippen LogP contribution in [0.5, 0.6) is 5.75 Å². The number of likely N-dealkylation sites (N-methyl/N-ethyl adjacent to an activating group) is 1. The second kappa shape index (κ2) is 12.4. The van der Waals surface area contributed by atoms with Crippen LogP contribution in [-0.2, 0) is 6.18 Å². The Balaban J connectivity index is 1.62. The van der Waals surface area contributed by atoms with Crippen molar-refractivity contribution >= 4 is 46.4 Å². The molecule has 0 aliphatic carbocycles. The van der Waals surface area contributed by atoms with Crippen molar-refractivity contribution in [3.63, 3.8) is 0 Å². The fourth-order valence-corrected chi connectivity index (χ4v) is 4.23. The van der Waals surface area contributed by atoms with Gasteiger partial charge in [0.1, 0.15) is 11.4 Å². The van der Waals surface area contributed by atoms with Gasteiger partial charge in [-0.25, -0.2) is 15.0 Å². The summed E-state index contributed by atoms with van der Waals surface area (Å²) in [5, 5.41) is 5.59. The lowest BCUT2D eigenvalue weighted by molar-refractivity contribution is -0.138. The van der Waals surface area contributed by atoms with Gasteiger partial charge in [0.2, 0.25) is 5.95 Å². The third-order valence-corrected chi connectivity index (χ3v) is 6.59. The van der Waals surface area contributed by atoms with Gasteiger partial charge in [0.25, 0.3) is 5.91 Å². The van der Waals surface area contributed by atoms with Gasteiger partial charge in [-0.3, -0.25) is 4.79 Å². The molecule has 1 amide bonds. The number of carbonyl (C=O) groups is 1. The number of carbonyl (C=O) groups excluding carboxylic acids is 1. The van der Waals surface area contributed by atoms with E-state index >= 15 is 0 Å². The molecule has 0 spiro atoms. The Kier molecular flexibility index (Phi) is 8.98. The fraction of sp³-hybridized carbons (Fsp3) is 0.259. The SMILES string of the molecule is C=CNc1cnc(N2CCN(C)CC2)nc1C(N)=Nc1cc(C(=O)Nc2ccc(OC)c(C(F)(F)F)c2)ccc1Cl. The van der Waals surface area contributed by atoms with Crippen molar-refractivity contribution in [3.8, 4) is 5.75 Å². The molecule has 10 nitrogen and oxygen atoms in total. The van der Waals surface area contributed by atoms with Crippen LogP contribution >= 0.6 is 11.6 Å². The molecule has 1 aromatic heterocycles. The second-order valence-electron chi connectivity index (χ2n) is 9.10. The maximum atomic E-state index is 13.4. The van der Waals surface area contributed by atoms with Crippen LogP contribution in [0.15, 0.2) is 60.4 Å². The first-order valence-electron chi connectivity index (χ1n) is 12.4. The number of amidine groups is 1. The lowest BCUT2D eigenvalue weighted by atomic mass is 10.1. The van der Waals surface area contributed by atoms with Crippen LogP contribution in [0, 0.1) is 0 Å². The number of anilines is 3. The van der Waals surface area contributed by atoms with Crippen LogP contribution in [-0.4, -0.2) is 66.9 Å². The second-order valence-corrected chi connectivity index (χ2v) is 9.51. The maximum absolute atomic E-state index is 13.4. The standard InChI is InChI=1S/C27H28ClF3N8O2/c1-4-33-21-15-34-26(39-11-9-38(2)10-12-39)37-23(21)24(32)36-20-13-16(5-7-19(20)28)25(40)35-17-6-8-22(41-3)18(14-17)27(29,30)31/h4-8,13-15,33H,1,9-12H2,2-3H3,(H2,32,36)(H,35,40). The third kappa shape index (κ3) is 7.05. The minimum atomic E-state index is -4.67. The molecule has 41 heavy (non-hydrogen) atoms. The van der Waals surface area contributed by atoms with Crippen molar-refractivity contribution in [1.29, 1.82) is 0 Å². The number of benzene rings is 2. The number of piperazine rings is 1. The smallest absolute Gasteiger partial charge is 0.420 e. The van der Waals surface area contributed by atoms with E-state index in [-0.39, 0.29) is 33.5 Å². The van der Waals surface area contributed by atoms with Gasteiger partial charge in [-0.1, -0.05) is 18.2 Å². The van der Waals surface area contributed by atoms with Crippen LogP contribution in [0.2, 0.25) is 5.02 Å². The summed E-state index contributed by atoms with van der Waals surface area (Å²) in [6.45, 7) is 6.86. The van der Waals surface area contributed by atoms with Crippen molar-refractivity contribution in [1.82, 2.24) is 14.9 Å². The molecule has 1 fully saturated rings. The summed E-state index contributed by atoms with van der Waals surface area (Å²) in [6.07, 6.45) is -1.64. The molecule has 1 aliphatic rings. The van der Waals surface area contributed by atoms with E-state index in [1.165, 1.54) is 30.5 Å². The summed E-state index contributed by atoms with van der Waals surface area (Å²) in [5.74, 6) is -0.558. The van der Waals surface area contributed by atoms with Gasteiger partial charge >= 0.3 is 6.18 Å². The first kappa shape index (κ1) is 29.6. The normalized spacial score (nSPS) is 14.5. The average molecular weight is 589 g/mol. The molecule has 216 valence electrons. The molecule has 4 N–H and O–H groups in total. The highest BCUT2D eigenvalue weighted by molar-refractivity contribution is 6.33. The molecule has 1 aliphatic heterocycles. The number of nitrogens with two attached hydrogens (primary N) is 1. The van der Waals surface area contributed by atoms with Gasteiger partial charge < -0.3 is 30.9 Å². The van der Waals surface area contributed by atoms with E-state index in [1.54, 1.807) is 6.20 Å². The fourth-order valence-electron chi connectivity index (χ4n) is 4.08. The Morgan fingerprint density at radius 3 is 2.59 bits per heavy atom. The number of methoxy groups -OCH3 is 1. The number of hydrogen-bond donors (Lipinski definition) is 3. The van der Waals surface area contributed by atoms with E-state index in [1.807, 2.05) is 11.9 Å². The number of amides is 1. The highest BCUT2D eigenvalue weighted by Gasteiger charge is 2.34. The minimum Gasteiger partial charge on any atom is -0.496 e. The summed E-state index contributed by atoms with van der Waals surface area (Å²) >= 11 is 6.35. The van der Waals surface area contributed by atoms with Crippen LogP contribution in [0.3, 0.4) is 0 Å². The third-order valence-electron chi connectivity index (χ3n) is 6.27. The first-order chi connectivity index (χ1) is 19.5. The number of alkyl halides is 3. The summed E-state index contributed by atoms with van der Waals surface area (Å²) in [4.78, 5) is 30.7. The molecule has 0 unspecified atom stereocenters. The zero-order valence-corrected chi connectivity index (χ0v) is 23.1. The van der Waals surface area contributed by atoms with Crippen LogP contribution in [0.1, 0.15) is 21.6 Å². The number of aliphatic imine (C=N–C) groups is 1. The molecule has 4 rings (SSSR count). The van der Waals surface area contributed by atoms with Crippen molar-refractivity contribution in [2.24, 2.45) is 10.7 Å². The van der Waals surface area contributed by atoms with E-state index in [0.29, 0.717) is 17.3 Å². The molecule has 0 atom stereocenters. The van der Waals surface area contributed by atoms with Gasteiger partial charge in [0, 0.05) is 37.4 Å². The number of rotatable bonds is 8. The zero-order chi connectivity index (χ0) is 29.7. The lowest BCUT2D eigenvalue weighted by Gasteiger charge is -2.32. The van der Waals surface area contributed by atoms with Gasteiger partial charge in [-0.15, -0.1) is 0 Å². The number of hydrogen-bond acceptors (Lipinski definition) is 8. The highest BCUT2D eigenvalue weighted by atomic mass is 35.5. The van der Waals surface area contributed by atoms with Gasteiger partial charge in [-0.2, -0.15) is 13.2 Å². The minimum absolute atomic E-state index is 0.00319. The quantitative estimate of drug-likeness (QED) is 0.255. The topological polar surface area (TPSA) is 121 Å². The molecule has 0 radical (unpaired) electrons. The van der Waals surface area contributed by atoms with Crippen molar-refractivity contribution < 1.29 is 22.7 Å². The predicted octanol–water partition coefficient (Wildman–Crippen LogP) is 4.75. The number of ether oxygens (including phenoxy) is 1. The Morgan fingerprint density at radius 1 is 1.20 bits per heavy atom. The van der Waals surface area contributed by atoms with Gasteiger partial charge in [0.05, 0.1) is 35.3 Å². The van der Waals surface area contributed by atoms with E-state index in [0.717, 1.165) is 45.4 Å². The lowest BCUT2D eigenvalue weighted by Crippen LogP contribution is -2.45. The maximum Gasteiger partial charge on any atom is 0.420 e. The molecule has 2 aromatic carbocycles. The van der Waals surface area contributed by atoms with Crippen molar-refractivity contribution in [2.75, 3.05) is 55.9 Å². The van der Waals surface area contributed by atoms with Crippen LogP contribution in [0.25, 0.3) is 0 Å². The summed E-state index contributed by atoms with van der Waals surface area (Å²) < 4.78 is 45.0. The molecule has 14 heteroatoms. The molecular weight excluding hydrogens is 561 g/mol. The van der Waals surface area contributed by atoms with E-state index in [4.69, 9.17) is 22.1 Å². The summed E-state index contributed by atoms with van der Waals surface area (Å²) in [7, 11) is 3.18. The molecule has 0 saturated carbocycles. The molecule has 1 saturated heterocycles.